The van der Waals surface area contributed by atoms with Crippen LogP contribution in [0, 0.1) is 0 Å². The standard InChI is InChI=1S/C15H31NO5/c1-5-8-16-15(2,14(17)19-4)7-11-20-9-6-10-21-13-12-18-3/h16H,5-13H2,1-4H3. The first-order valence-electron chi connectivity index (χ1n) is 7.58. The van der Waals surface area contributed by atoms with E-state index in [2.05, 4.69) is 12.2 Å². The molecule has 0 saturated heterocycles. The molecular weight excluding hydrogens is 274 g/mol. The van der Waals surface area contributed by atoms with E-state index in [1.165, 1.54) is 7.11 Å². The van der Waals surface area contributed by atoms with Gasteiger partial charge in [-0.1, -0.05) is 6.92 Å². The van der Waals surface area contributed by atoms with Gasteiger partial charge in [-0.05, 0) is 32.7 Å². The molecule has 0 radical (unpaired) electrons. The molecule has 0 saturated carbocycles. The van der Waals surface area contributed by atoms with Crippen LogP contribution in [0.4, 0.5) is 0 Å². The van der Waals surface area contributed by atoms with Crippen LogP contribution in [-0.2, 0) is 23.7 Å². The average molecular weight is 305 g/mol. The lowest BCUT2D eigenvalue weighted by Crippen LogP contribution is -2.51. The number of methoxy groups -OCH3 is 2. The summed E-state index contributed by atoms with van der Waals surface area (Å²) in [4.78, 5) is 11.8. The van der Waals surface area contributed by atoms with E-state index in [0.717, 1.165) is 19.4 Å². The molecule has 0 bridgehead atoms. The zero-order valence-corrected chi connectivity index (χ0v) is 13.9. The van der Waals surface area contributed by atoms with E-state index in [-0.39, 0.29) is 5.97 Å². The first kappa shape index (κ1) is 20.3. The smallest absolute Gasteiger partial charge is 0.325 e. The van der Waals surface area contributed by atoms with Crippen molar-refractivity contribution >= 4 is 5.97 Å². The summed E-state index contributed by atoms with van der Waals surface area (Å²) in [5, 5.41) is 3.23. The molecule has 1 atom stereocenters. The van der Waals surface area contributed by atoms with Crippen molar-refractivity contribution in [1.82, 2.24) is 5.32 Å². The fraction of sp³-hybridized carbons (Fsp3) is 0.933. The zero-order valence-electron chi connectivity index (χ0n) is 13.9. The van der Waals surface area contributed by atoms with Crippen molar-refractivity contribution in [2.24, 2.45) is 0 Å². The highest BCUT2D eigenvalue weighted by atomic mass is 16.5. The molecule has 1 N–H and O–H groups in total. The van der Waals surface area contributed by atoms with Crippen molar-refractivity contribution < 1.29 is 23.7 Å². The monoisotopic (exact) mass is 305 g/mol. The maximum atomic E-state index is 11.8. The van der Waals surface area contributed by atoms with Gasteiger partial charge in [0, 0.05) is 26.9 Å². The molecule has 0 heterocycles. The molecule has 0 aliphatic rings. The number of rotatable bonds is 14. The number of esters is 1. The summed E-state index contributed by atoms with van der Waals surface area (Å²) < 4.78 is 20.6. The SMILES string of the molecule is CCCNC(C)(CCOCCCOCCOC)C(=O)OC. The minimum Gasteiger partial charge on any atom is -0.468 e. The van der Waals surface area contributed by atoms with E-state index < -0.39 is 5.54 Å². The van der Waals surface area contributed by atoms with E-state index in [9.17, 15) is 4.79 Å². The van der Waals surface area contributed by atoms with Gasteiger partial charge in [0.25, 0.3) is 0 Å². The Bertz CT molecular complexity index is 262. The second kappa shape index (κ2) is 13.0. The van der Waals surface area contributed by atoms with Crippen LogP contribution in [0.3, 0.4) is 0 Å². The number of carbonyl (C=O) groups is 1. The van der Waals surface area contributed by atoms with Crippen molar-refractivity contribution in [3.8, 4) is 0 Å². The molecular formula is C15H31NO5. The van der Waals surface area contributed by atoms with Crippen LogP contribution in [-0.4, -0.2) is 65.3 Å². The van der Waals surface area contributed by atoms with Gasteiger partial charge in [0.2, 0.25) is 0 Å². The normalized spacial score (nSPS) is 13.9. The summed E-state index contributed by atoms with van der Waals surface area (Å²) in [5.74, 6) is -0.248. The molecule has 0 aromatic rings. The maximum Gasteiger partial charge on any atom is 0.325 e. The van der Waals surface area contributed by atoms with E-state index in [1.54, 1.807) is 7.11 Å². The van der Waals surface area contributed by atoms with Crippen molar-refractivity contribution in [2.75, 3.05) is 53.8 Å². The molecule has 0 aromatic heterocycles. The topological polar surface area (TPSA) is 66.0 Å². The number of hydrogen-bond acceptors (Lipinski definition) is 6. The number of nitrogens with one attached hydrogen (secondary N) is 1. The van der Waals surface area contributed by atoms with Crippen molar-refractivity contribution in [3.63, 3.8) is 0 Å². The number of hydrogen-bond donors (Lipinski definition) is 1. The van der Waals surface area contributed by atoms with Crippen molar-refractivity contribution in [3.05, 3.63) is 0 Å². The van der Waals surface area contributed by atoms with Gasteiger partial charge in [-0.25, -0.2) is 0 Å². The summed E-state index contributed by atoms with van der Waals surface area (Å²) in [6, 6.07) is 0. The third-order valence-corrected chi connectivity index (χ3v) is 3.16. The predicted molar refractivity (Wildman–Crippen MR) is 81.5 cm³/mol. The predicted octanol–water partition coefficient (Wildman–Crippen LogP) is 1.38. The molecule has 126 valence electrons. The molecule has 0 fully saturated rings. The second-order valence-electron chi connectivity index (χ2n) is 5.07. The Labute approximate surface area is 128 Å². The van der Waals surface area contributed by atoms with Gasteiger partial charge in [-0.2, -0.15) is 0 Å². The van der Waals surface area contributed by atoms with E-state index in [4.69, 9.17) is 18.9 Å². The minimum atomic E-state index is -0.681. The molecule has 0 aromatic carbocycles. The Hall–Kier alpha value is -0.690. The van der Waals surface area contributed by atoms with Crippen LogP contribution >= 0.6 is 0 Å². The largest absolute Gasteiger partial charge is 0.468 e. The van der Waals surface area contributed by atoms with Gasteiger partial charge in [0.15, 0.2) is 0 Å². The lowest BCUT2D eigenvalue weighted by molar-refractivity contribution is -0.148. The van der Waals surface area contributed by atoms with Crippen LogP contribution < -0.4 is 5.32 Å². The summed E-state index contributed by atoms with van der Waals surface area (Å²) in [5.41, 5.74) is -0.681. The van der Waals surface area contributed by atoms with Crippen LogP contribution in [0.2, 0.25) is 0 Å². The Morgan fingerprint density at radius 2 is 1.71 bits per heavy atom. The number of ether oxygens (including phenoxy) is 4. The van der Waals surface area contributed by atoms with Gasteiger partial charge < -0.3 is 24.3 Å². The van der Waals surface area contributed by atoms with Crippen LogP contribution in [0.5, 0.6) is 0 Å². The van der Waals surface area contributed by atoms with Gasteiger partial charge in [-0.15, -0.1) is 0 Å². The Kier molecular flexibility index (Phi) is 12.6. The molecule has 0 aliphatic carbocycles. The zero-order chi connectivity index (χ0) is 16.0. The molecule has 0 amide bonds. The highest BCUT2D eigenvalue weighted by molar-refractivity contribution is 5.80. The molecule has 21 heavy (non-hydrogen) atoms. The lowest BCUT2D eigenvalue weighted by atomic mass is 9.98. The average Bonchev–Trinajstić information content (AvgIpc) is 2.50. The Morgan fingerprint density at radius 3 is 2.29 bits per heavy atom. The first-order valence-corrected chi connectivity index (χ1v) is 7.58. The van der Waals surface area contributed by atoms with Crippen LogP contribution in [0.15, 0.2) is 0 Å². The summed E-state index contributed by atoms with van der Waals surface area (Å²) >= 11 is 0. The molecule has 0 aliphatic heterocycles. The van der Waals surface area contributed by atoms with Gasteiger partial charge in [-0.3, -0.25) is 4.79 Å². The van der Waals surface area contributed by atoms with Gasteiger partial charge >= 0.3 is 5.97 Å². The maximum absolute atomic E-state index is 11.8. The van der Waals surface area contributed by atoms with Crippen LogP contribution in [0.25, 0.3) is 0 Å². The fourth-order valence-electron chi connectivity index (χ4n) is 1.77. The first-order chi connectivity index (χ1) is 10.1. The van der Waals surface area contributed by atoms with Crippen molar-refractivity contribution in [1.29, 1.82) is 0 Å². The summed E-state index contributed by atoms with van der Waals surface area (Å²) in [7, 11) is 3.06. The molecule has 6 nitrogen and oxygen atoms in total. The van der Waals surface area contributed by atoms with E-state index in [1.807, 2.05) is 6.92 Å². The Morgan fingerprint density at radius 1 is 1.05 bits per heavy atom. The molecule has 0 rings (SSSR count). The highest BCUT2D eigenvalue weighted by Crippen LogP contribution is 2.12. The van der Waals surface area contributed by atoms with E-state index >= 15 is 0 Å². The summed E-state index contributed by atoms with van der Waals surface area (Å²) in [6.45, 7) is 7.71. The quantitative estimate of drug-likeness (QED) is 0.386. The lowest BCUT2D eigenvalue weighted by Gasteiger charge is -2.27. The molecule has 1 unspecified atom stereocenters. The minimum absolute atomic E-state index is 0.248. The fourth-order valence-corrected chi connectivity index (χ4v) is 1.77. The van der Waals surface area contributed by atoms with Gasteiger partial charge in [0.05, 0.1) is 20.3 Å². The van der Waals surface area contributed by atoms with E-state index in [0.29, 0.717) is 39.5 Å². The van der Waals surface area contributed by atoms with Crippen molar-refractivity contribution in [2.45, 2.75) is 38.6 Å². The van der Waals surface area contributed by atoms with Gasteiger partial charge in [0.1, 0.15) is 5.54 Å². The third kappa shape index (κ3) is 9.79. The molecule has 0 spiro atoms. The molecule has 6 heteroatoms. The second-order valence-corrected chi connectivity index (χ2v) is 5.07. The Balaban J connectivity index is 3.76. The summed E-state index contributed by atoms with van der Waals surface area (Å²) in [6.07, 6.45) is 2.39. The number of carbonyl (C=O) groups excluding carboxylic acids is 1. The van der Waals surface area contributed by atoms with Crippen LogP contribution in [0.1, 0.15) is 33.1 Å². The third-order valence-electron chi connectivity index (χ3n) is 3.16. The highest BCUT2D eigenvalue weighted by Gasteiger charge is 2.33.